The summed E-state index contributed by atoms with van der Waals surface area (Å²) in [6, 6.07) is 9.95. The van der Waals surface area contributed by atoms with E-state index in [9.17, 15) is 18.8 Å². The zero-order valence-electron chi connectivity index (χ0n) is 18.5. The summed E-state index contributed by atoms with van der Waals surface area (Å²) in [6.45, 7) is 3.15. The number of hydrogen-bond donors (Lipinski definition) is 1. The lowest BCUT2D eigenvalue weighted by molar-refractivity contribution is -0.121. The number of halogens is 1. The first-order valence-electron chi connectivity index (χ1n) is 10.5. The predicted molar refractivity (Wildman–Crippen MR) is 118 cm³/mol. The van der Waals surface area contributed by atoms with Crippen LogP contribution in [0.2, 0.25) is 0 Å². The number of fused-ring (bicyclic) bond motifs is 1. The molecule has 0 saturated heterocycles. The normalized spacial score (nSPS) is 12.8. The molecule has 1 aliphatic rings. The number of carbonyl (C=O) groups is 3. The summed E-state index contributed by atoms with van der Waals surface area (Å²) in [6.07, 6.45) is 1.23. The third-order valence-corrected chi connectivity index (χ3v) is 4.91. The van der Waals surface area contributed by atoms with Crippen molar-refractivity contribution in [3.8, 4) is 11.5 Å². The Morgan fingerprint density at radius 1 is 1.21 bits per heavy atom. The first kappa shape index (κ1) is 23.0. The molecule has 2 aromatic carbocycles. The second-order valence-corrected chi connectivity index (χ2v) is 7.87. The van der Waals surface area contributed by atoms with Crippen LogP contribution >= 0.6 is 0 Å². The number of Topliss-reactive ketones (excluding diaryl/α,β-unsaturated/α-hetero) is 1. The smallest absolute Gasteiger partial charge is 0.273 e. The number of nitrogens with zero attached hydrogens (tertiary/aromatic N) is 2. The molecule has 34 heavy (non-hydrogen) atoms. The molecule has 0 unspecified atom stereocenters. The Bertz CT molecular complexity index is 1220. The van der Waals surface area contributed by atoms with Gasteiger partial charge in [-0.2, -0.15) is 0 Å². The number of aromatic nitrogens is 1. The number of rotatable bonds is 8. The van der Waals surface area contributed by atoms with Crippen molar-refractivity contribution in [1.82, 2.24) is 10.3 Å². The summed E-state index contributed by atoms with van der Waals surface area (Å²) in [7, 11) is 0. The Morgan fingerprint density at radius 2 is 1.97 bits per heavy atom. The Balaban J connectivity index is 1.50. The number of amides is 2. The van der Waals surface area contributed by atoms with Gasteiger partial charge in [-0.05, 0) is 56.3 Å². The Hall–Kier alpha value is -4.21. The van der Waals surface area contributed by atoms with Gasteiger partial charge in [-0.3, -0.25) is 19.3 Å². The average Bonchev–Trinajstić information content (AvgIpc) is 3.28. The largest absolute Gasteiger partial charge is 0.485 e. The maximum atomic E-state index is 13.0. The van der Waals surface area contributed by atoms with Gasteiger partial charge in [-0.25, -0.2) is 9.37 Å². The van der Waals surface area contributed by atoms with E-state index >= 15 is 0 Å². The van der Waals surface area contributed by atoms with Gasteiger partial charge in [0.1, 0.15) is 30.1 Å². The lowest BCUT2D eigenvalue weighted by atomic mass is 10.1. The van der Waals surface area contributed by atoms with Crippen LogP contribution in [0.5, 0.6) is 11.5 Å². The zero-order chi connectivity index (χ0) is 24.2. The Kier molecular flexibility index (Phi) is 6.58. The van der Waals surface area contributed by atoms with E-state index in [1.165, 1.54) is 41.5 Å². The molecule has 176 valence electrons. The maximum absolute atomic E-state index is 13.0. The second kappa shape index (κ2) is 9.74. The maximum Gasteiger partial charge on any atom is 0.273 e. The van der Waals surface area contributed by atoms with Crippen molar-refractivity contribution in [3.05, 3.63) is 71.7 Å². The van der Waals surface area contributed by atoms with E-state index in [4.69, 9.17) is 13.9 Å². The third kappa shape index (κ3) is 5.22. The molecule has 2 amide bonds. The number of ether oxygens (including phenoxy) is 2. The topological polar surface area (TPSA) is 111 Å². The van der Waals surface area contributed by atoms with Gasteiger partial charge in [0, 0.05) is 11.6 Å². The first-order chi connectivity index (χ1) is 16.3. The molecule has 0 spiro atoms. The van der Waals surface area contributed by atoms with Crippen LogP contribution in [0.25, 0.3) is 0 Å². The molecule has 1 aromatic heterocycles. The van der Waals surface area contributed by atoms with Crippen molar-refractivity contribution in [3.63, 3.8) is 0 Å². The minimum atomic E-state index is -0.406. The number of oxazole rings is 1. The van der Waals surface area contributed by atoms with Crippen molar-refractivity contribution in [2.75, 3.05) is 18.1 Å². The zero-order valence-corrected chi connectivity index (χ0v) is 18.5. The lowest BCUT2D eigenvalue weighted by Crippen LogP contribution is -2.38. The average molecular weight is 467 g/mol. The van der Waals surface area contributed by atoms with Crippen molar-refractivity contribution >= 4 is 23.3 Å². The summed E-state index contributed by atoms with van der Waals surface area (Å²) in [5.41, 5.74) is 0.773. The molecule has 4 rings (SSSR count). The van der Waals surface area contributed by atoms with Crippen LogP contribution in [-0.2, 0) is 11.3 Å². The summed E-state index contributed by atoms with van der Waals surface area (Å²) in [4.78, 5) is 42.9. The molecule has 0 aliphatic carbocycles. The van der Waals surface area contributed by atoms with Gasteiger partial charge in [-0.1, -0.05) is 0 Å². The van der Waals surface area contributed by atoms with Gasteiger partial charge in [0.25, 0.3) is 11.8 Å². The molecule has 0 radical (unpaired) electrons. The quantitative estimate of drug-likeness (QED) is 0.507. The molecule has 2 heterocycles. The summed E-state index contributed by atoms with van der Waals surface area (Å²) < 4.78 is 29.3. The van der Waals surface area contributed by atoms with Gasteiger partial charge < -0.3 is 19.2 Å². The molecule has 9 nitrogen and oxygen atoms in total. The number of anilines is 1. The van der Waals surface area contributed by atoms with Crippen LogP contribution < -0.4 is 19.7 Å². The van der Waals surface area contributed by atoms with Crippen molar-refractivity contribution in [2.24, 2.45) is 0 Å². The predicted octanol–water partition coefficient (Wildman–Crippen LogP) is 3.14. The third-order valence-electron chi connectivity index (χ3n) is 4.91. The van der Waals surface area contributed by atoms with Crippen molar-refractivity contribution in [2.45, 2.75) is 26.4 Å². The molecule has 3 aromatic rings. The van der Waals surface area contributed by atoms with Gasteiger partial charge in [-0.15, -0.1) is 0 Å². The highest BCUT2D eigenvalue weighted by atomic mass is 19.1. The molecule has 0 saturated carbocycles. The molecule has 1 aliphatic heterocycles. The fourth-order valence-corrected chi connectivity index (χ4v) is 3.27. The Morgan fingerprint density at radius 3 is 2.71 bits per heavy atom. The minimum Gasteiger partial charge on any atom is -0.485 e. The van der Waals surface area contributed by atoms with Crippen LogP contribution in [0.1, 0.15) is 40.6 Å². The van der Waals surface area contributed by atoms with Crippen molar-refractivity contribution in [1.29, 1.82) is 0 Å². The fourth-order valence-electron chi connectivity index (χ4n) is 3.27. The SMILES string of the molecule is CC(C)NC(=O)c1coc(CN2C(=O)COc3ccc(C(=O)COc4ccc(F)cc4)cc32)n1. The van der Waals surface area contributed by atoms with Crippen molar-refractivity contribution < 1.29 is 32.7 Å². The van der Waals surface area contributed by atoms with Gasteiger partial charge in [0.2, 0.25) is 5.89 Å². The summed E-state index contributed by atoms with van der Waals surface area (Å²) in [5.74, 6) is -0.551. The van der Waals surface area contributed by atoms with E-state index in [-0.39, 0.29) is 55.0 Å². The highest BCUT2D eigenvalue weighted by molar-refractivity contribution is 6.02. The number of benzene rings is 2. The molecular weight excluding hydrogens is 445 g/mol. The second-order valence-electron chi connectivity index (χ2n) is 7.87. The van der Waals surface area contributed by atoms with E-state index in [0.717, 1.165) is 0 Å². The minimum absolute atomic E-state index is 0.0477. The number of ketones is 1. The molecular formula is C24H22FN3O6. The van der Waals surface area contributed by atoms with Gasteiger partial charge in [0.15, 0.2) is 24.7 Å². The van der Waals surface area contributed by atoms with E-state index in [2.05, 4.69) is 10.3 Å². The number of nitrogens with one attached hydrogen (secondary N) is 1. The van der Waals surface area contributed by atoms with Crippen LogP contribution in [0.15, 0.2) is 53.1 Å². The van der Waals surface area contributed by atoms with Crippen LogP contribution in [0.3, 0.4) is 0 Å². The highest BCUT2D eigenvalue weighted by Crippen LogP contribution is 2.34. The molecule has 0 fully saturated rings. The van der Waals surface area contributed by atoms with E-state index in [1.54, 1.807) is 12.1 Å². The van der Waals surface area contributed by atoms with E-state index in [0.29, 0.717) is 22.7 Å². The highest BCUT2D eigenvalue weighted by Gasteiger charge is 2.28. The lowest BCUT2D eigenvalue weighted by Gasteiger charge is -2.28. The van der Waals surface area contributed by atoms with Gasteiger partial charge in [0.05, 0.1) is 5.69 Å². The van der Waals surface area contributed by atoms with E-state index < -0.39 is 5.82 Å². The monoisotopic (exact) mass is 467 g/mol. The van der Waals surface area contributed by atoms with Crippen LogP contribution in [0, 0.1) is 5.82 Å². The molecule has 0 atom stereocenters. The van der Waals surface area contributed by atoms with Gasteiger partial charge >= 0.3 is 0 Å². The Labute approximate surface area is 194 Å². The van der Waals surface area contributed by atoms with Crippen LogP contribution in [-0.4, -0.2) is 41.8 Å². The van der Waals surface area contributed by atoms with E-state index in [1.807, 2.05) is 13.8 Å². The molecule has 0 bridgehead atoms. The molecule has 1 N–H and O–H groups in total. The summed E-state index contributed by atoms with van der Waals surface area (Å²) >= 11 is 0. The number of carbonyl (C=O) groups excluding carboxylic acids is 3. The first-order valence-corrected chi connectivity index (χ1v) is 10.5. The fraction of sp³-hybridized carbons (Fsp3) is 0.250. The molecule has 10 heteroatoms. The number of hydrogen-bond acceptors (Lipinski definition) is 7. The van der Waals surface area contributed by atoms with Crippen LogP contribution in [0.4, 0.5) is 10.1 Å². The standard InChI is InChI=1S/C24H22FN3O6/c1-14(2)26-24(31)18-11-34-22(27-18)10-28-19-9-15(3-8-21(19)33-13-23(28)30)20(29)12-32-17-6-4-16(25)5-7-17/h3-9,11,14H,10,12-13H2,1-2H3,(H,26,31). The summed E-state index contributed by atoms with van der Waals surface area (Å²) in [5, 5.41) is 2.72.